The summed E-state index contributed by atoms with van der Waals surface area (Å²) in [6.07, 6.45) is 2.55. The van der Waals surface area contributed by atoms with E-state index in [4.69, 9.17) is 9.47 Å². The molecule has 1 aliphatic heterocycles. The molecule has 6 heteroatoms. The number of hydrogen-bond donors (Lipinski definition) is 2. The maximum atomic E-state index is 11.7. The summed E-state index contributed by atoms with van der Waals surface area (Å²) in [6, 6.07) is -0.0365. The average Bonchev–Trinajstić information content (AvgIpc) is 2.48. The molecule has 0 radical (unpaired) electrons. The SMILES string of the molecule is CCOC(=O)C1CCC(O)(CN2CCOCC2CO)CC1. The van der Waals surface area contributed by atoms with Crippen molar-refractivity contribution >= 4 is 5.97 Å². The van der Waals surface area contributed by atoms with E-state index in [1.54, 1.807) is 0 Å². The Labute approximate surface area is 126 Å². The zero-order valence-electron chi connectivity index (χ0n) is 12.8. The second kappa shape index (κ2) is 7.54. The quantitative estimate of drug-likeness (QED) is 0.705. The Morgan fingerprint density at radius 3 is 2.76 bits per heavy atom. The first-order chi connectivity index (χ1) is 10.1. The molecule has 122 valence electrons. The number of carbonyl (C=O) groups excluding carboxylic acids is 1. The molecule has 2 rings (SSSR count). The number of aliphatic hydroxyl groups is 2. The van der Waals surface area contributed by atoms with Gasteiger partial charge in [-0.2, -0.15) is 0 Å². The third-order valence-electron chi connectivity index (χ3n) is 4.59. The molecule has 0 aromatic carbocycles. The Bertz CT molecular complexity index is 341. The van der Waals surface area contributed by atoms with Gasteiger partial charge in [-0.15, -0.1) is 0 Å². The molecule has 2 N–H and O–H groups in total. The van der Waals surface area contributed by atoms with E-state index < -0.39 is 5.60 Å². The highest BCUT2D eigenvalue weighted by Gasteiger charge is 2.39. The lowest BCUT2D eigenvalue weighted by molar-refractivity contribution is -0.152. The van der Waals surface area contributed by atoms with Gasteiger partial charge >= 0.3 is 5.97 Å². The topological polar surface area (TPSA) is 79.2 Å². The number of nitrogens with zero attached hydrogens (tertiary/aromatic N) is 1. The van der Waals surface area contributed by atoms with Crippen LogP contribution in [0.25, 0.3) is 0 Å². The summed E-state index contributed by atoms with van der Waals surface area (Å²) in [5.41, 5.74) is -0.770. The Morgan fingerprint density at radius 2 is 2.14 bits per heavy atom. The lowest BCUT2D eigenvalue weighted by atomic mass is 9.78. The molecule has 0 aromatic heterocycles. The van der Waals surface area contributed by atoms with Gasteiger partial charge < -0.3 is 19.7 Å². The van der Waals surface area contributed by atoms with Crippen LogP contribution in [-0.2, 0) is 14.3 Å². The second-order valence-corrected chi connectivity index (χ2v) is 6.13. The van der Waals surface area contributed by atoms with Crippen molar-refractivity contribution in [3.63, 3.8) is 0 Å². The minimum absolute atomic E-state index is 0.0365. The van der Waals surface area contributed by atoms with Crippen LogP contribution in [0.2, 0.25) is 0 Å². The molecule has 1 atom stereocenters. The molecule has 2 aliphatic rings. The Kier molecular flexibility index (Phi) is 5.98. The van der Waals surface area contributed by atoms with E-state index in [1.165, 1.54) is 0 Å². The molecular formula is C15H27NO5. The van der Waals surface area contributed by atoms with Crippen molar-refractivity contribution in [3.8, 4) is 0 Å². The van der Waals surface area contributed by atoms with Gasteiger partial charge in [0, 0.05) is 13.1 Å². The number of aliphatic hydroxyl groups excluding tert-OH is 1. The molecular weight excluding hydrogens is 274 g/mol. The first-order valence-electron chi connectivity index (χ1n) is 7.89. The van der Waals surface area contributed by atoms with Gasteiger partial charge in [0.25, 0.3) is 0 Å². The Hall–Kier alpha value is -0.690. The van der Waals surface area contributed by atoms with Crippen LogP contribution in [0, 0.1) is 5.92 Å². The van der Waals surface area contributed by atoms with E-state index in [2.05, 4.69) is 4.90 Å². The normalized spacial score (nSPS) is 34.6. The molecule has 1 heterocycles. The van der Waals surface area contributed by atoms with Crippen LogP contribution >= 0.6 is 0 Å². The summed E-state index contributed by atoms with van der Waals surface area (Å²) in [5, 5.41) is 20.1. The predicted molar refractivity (Wildman–Crippen MR) is 76.8 cm³/mol. The number of carbonyl (C=O) groups is 1. The second-order valence-electron chi connectivity index (χ2n) is 6.13. The number of morpholine rings is 1. The molecule has 21 heavy (non-hydrogen) atoms. The monoisotopic (exact) mass is 301 g/mol. The van der Waals surface area contributed by atoms with Crippen molar-refractivity contribution in [2.45, 2.75) is 44.2 Å². The van der Waals surface area contributed by atoms with Crippen LogP contribution in [0.5, 0.6) is 0 Å². The Balaban J connectivity index is 1.85. The van der Waals surface area contributed by atoms with Crippen molar-refractivity contribution in [2.75, 3.05) is 39.5 Å². The van der Waals surface area contributed by atoms with Gasteiger partial charge in [-0.1, -0.05) is 0 Å². The van der Waals surface area contributed by atoms with Crippen molar-refractivity contribution in [2.24, 2.45) is 5.92 Å². The number of hydrogen-bond acceptors (Lipinski definition) is 6. The minimum atomic E-state index is -0.770. The number of ether oxygens (including phenoxy) is 2. The molecule has 6 nitrogen and oxygen atoms in total. The van der Waals surface area contributed by atoms with Crippen LogP contribution in [0.15, 0.2) is 0 Å². The fraction of sp³-hybridized carbons (Fsp3) is 0.933. The van der Waals surface area contributed by atoms with Crippen molar-refractivity contribution in [3.05, 3.63) is 0 Å². The highest BCUT2D eigenvalue weighted by Crippen LogP contribution is 2.34. The summed E-state index contributed by atoms with van der Waals surface area (Å²) in [6.45, 7) is 4.68. The van der Waals surface area contributed by atoms with Crippen LogP contribution in [0.1, 0.15) is 32.6 Å². The van der Waals surface area contributed by atoms with Gasteiger partial charge in [0.1, 0.15) is 0 Å². The van der Waals surface area contributed by atoms with E-state index in [1.807, 2.05) is 6.92 Å². The molecule has 0 bridgehead atoms. The molecule has 0 aromatic rings. The maximum Gasteiger partial charge on any atom is 0.308 e. The minimum Gasteiger partial charge on any atom is -0.466 e. The lowest BCUT2D eigenvalue weighted by Crippen LogP contribution is -2.54. The summed E-state index contributed by atoms with van der Waals surface area (Å²) in [4.78, 5) is 13.8. The van der Waals surface area contributed by atoms with Gasteiger partial charge in [-0.25, -0.2) is 0 Å². The fourth-order valence-corrected chi connectivity index (χ4v) is 3.25. The predicted octanol–water partition coefficient (Wildman–Crippen LogP) is 0.164. The lowest BCUT2D eigenvalue weighted by Gasteiger charge is -2.42. The van der Waals surface area contributed by atoms with Gasteiger partial charge in [-0.05, 0) is 32.6 Å². The van der Waals surface area contributed by atoms with Crippen molar-refractivity contribution in [1.29, 1.82) is 0 Å². The highest BCUT2D eigenvalue weighted by atomic mass is 16.5. The third kappa shape index (κ3) is 4.39. The van der Waals surface area contributed by atoms with Crippen molar-refractivity contribution in [1.82, 2.24) is 4.90 Å². The van der Waals surface area contributed by atoms with Gasteiger partial charge in [0.15, 0.2) is 0 Å². The number of rotatable bonds is 5. The third-order valence-corrected chi connectivity index (χ3v) is 4.59. The zero-order chi connectivity index (χ0) is 15.3. The van der Waals surface area contributed by atoms with E-state index in [0.29, 0.717) is 52.0 Å². The average molecular weight is 301 g/mol. The summed E-state index contributed by atoms with van der Waals surface area (Å²) < 4.78 is 10.4. The smallest absolute Gasteiger partial charge is 0.308 e. The first kappa shape index (κ1) is 16.7. The molecule has 0 amide bonds. The van der Waals surface area contributed by atoms with Gasteiger partial charge in [-0.3, -0.25) is 9.69 Å². The summed E-state index contributed by atoms with van der Waals surface area (Å²) >= 11 is 0. The molecule has 1 aliphatic carbocycles. The molecule has 1 unspecified atom stereocenters. The van der Waals surface area contributed by atoms with Crippen LogP contribution in [0.4, 0.5) is 0 Å². The largest absolute Gasteiger partial charge is 0.466 e. The van der Waals surface area contributed by atoms with Crippen molar-refractivity contribution < 1.29 is 24.5 Å². The Morgan fingerprint density at radius 1 is 1.43 bits per heavy atom. The fourth-order valence-electron chi connectivity index (χ4n) is 3.25. The van der Waals surface area contributed by atoms with Gasteiger partial charge in [0.05, 0.1) is 44.0 Å². The van der Waals surface area contributed by atoms with Crippen LogP contribution in [0.3, 0.4) is 0 Å². The molecule has 1 saturated heterocycles. The van der Waals surface area contributed by atoms with Crippen LogP contribution < -0.4 is 0 Å². The van der Waals surface area contributed by atoms with E-state index in [-0.39, 0.29) is 24.5 Å². The molecule has 1 saturated carbocycles. The molecule has 0 spiro atoms. The van der Waals surface area contributed by atoms with Gasteiger partial charge in [0.2, 0.25) is 0 Å². The van der Waals surface area contributed by atoms with Crippen LogP contribution in [-0.4, -0.2) is 72.2 Å². The van der Waals surface area contributed by atoms with E-state index in [9.17, 15) is 15.0 Å². The number of esters is 1. The molecule has 2 fully saturated rings. The standard InChI is InChI=1S/C15H27NO5/c1-2-21-14(18)12-3-5-15(19,6-4-12)11-16-7-8-20-10-13(16)9-17/h12-13,17,19H,2-11H2,1H3. The van der Waals surface area contributed by atoms with E-state index in [0.717, 1.165) is 6.54 Å². The number of β-amino-alcohol motifs (C(OH)–C–C–N with tert-alkyl or cyclic N) is 1. The summed E-state index contributed by atoms with van der Waals surface area (Å²) in [7, 11) is 0. The highest BCUT2D eigenvalue weighted by molar-refractivity contribution is 5.72. The maximum absolute atomic E-state index is 11.7. The summed E-state index contributed by atoms with van der Waals surface area (Å²) in [5.74, 6) is -0.220. The van der Waals surface area contributed by atoms with E-state index >= 15 is 0 Å². The first-order valence-corrected chi connectivity index (χ1v) is 7.89. The zero-order valence-corrected chi connectivity index (χ0v) is 12.8.